The van der Waals surface area contributed by atoms with Gasteiger partial charge in [0.05, 0.1) is 16.9 Å². The van der Waals surface area contributed by atoms with Crippen LogP contribution in [0.5, 0.6) is 0 Å². The number of hydrogen-bond donors (Lipinski definition) is 3. The molecule has 19 heavy (non-hydrogen) atoms. The Morgan fingerprint density at radius 2 is 1.89 bits per heavy atom. The third-order valence-electron chi connectivity index (χ3n) is 2.51. The summed E-state index contributed by atoms with van der Waals surface area (Å²) in [7, 11) is 0. The van der Waals surface area contributed by atoms with E-state index in [0.717, 1.165) is 0 Å². The Hall–Kier alpha value is -1.56. The monoisotopic (exact) mass is 339 g/mol. The fraction of sp³-hybridized carbons (Fsp3) is 0. The highest BCUT2D eigenvalue weighted by molar-refractivity contribution is 9.10. The molecule has 0 aliphatic rings. The quantitative estimate of drug-likeness (QED) is 0.590. The molecule has 2 aromatic rings. The molecular weight excluding hydrogens is 330 g/mol. The summed E-state index contributed by atoms with van der Waals surface area (Å²) in [5, 5.41) is 3.38. The van der Waals surface area contributed by atoms with Crippen LogP contribution in [0.3, 0.4) is 0 Å². The lowest BCUT2D eigenvalue weighted by molar-refractivity contribution is 0.102. The van der Waals surface area contributed by atoms with Gasteiger partial charge in [0.2, 0.25) is 0 Å². The third-order valence-corrected chi connectivity index (χ3v) is 3.40. The Labute approximate surface area is 124 Å². The zero-order valence-corrected chi connectivity index (χ0v) is 12.1. The topological polar surface area (TPSA) is 67.1 Å². The number of anilines is 2. The summed E-state index contributed by atoms with van der Waals surface area (Å²) in [6, 6.07) is 12.1. The Kier molecular flexibility index (Phi) is 4.42. The fourth-order valence-electron chi connectivity index (χ4n) is 1.59. The van der Waals surface area contributed by atoms with Crippen LogP contribution in [-0.4, -0.2) is 5.91 Å². The molecular formula is C13H11BrClN3O. The van der Waals surface area contributed by atoms with E-state index in [0.29, 0.717) is 26.4 Å². The van der Waals surface area contributed by atoms with Crippen molar-refractivity contribution in [2.24, 2.45) is 5.84 Å². The number of amides is 1. The molecule has 0 atom stereocenters. The van der Waals surface area contributed by atoms with Gasteiger partial charge in [-0.3, -0.25) is 10.6 Å². The minimum Gasteiger partial charge on any atom is -0.323 e. The minimum absolute atomic E-state index is 0.253. The molecule has 4 N–H and O–H groups in total. The first-order valence-corrected chi connectivity index (χ1v) is 6.61. The number of para-hydroxylation sites is 1. The predicted octanol–water partition coefficient (Wildman–Crippen LogP) is 3.64. The molecule has 2 aromatic carbocycles. The van der Waals surface area contributed by atoms with E-state index >= 15 is 0 Å². The van der Waals surface area contributed by atoms with E-state index in [1.165, 1.54) is 0 Å². The highest BCUT2D eigenvalue weighted by Crippen LogP contribution is 2.27. The molecule has 0 heterocycles. The Morgan fingerprint density at radius 1 is 1.16 bits per heavy atom. The summed E-state index contributed by atoms with van der Waals surface area (Å²) >= 11 is 9.19. The number of nitrogens with two attached hydrogens (primary N) is 1. The molecule has 98 valence electrons. The van der Waals surface area contributed by atoms with Crippen LogP contribution in [0, 0.1) is 0 Å². The average molecular weight is 341 g/mol. The number of hydrogen-bond acceptors (Lipinski definition) is 3. The van der Waals surface area contributed by atoms with Crippen LogP contribution in [0.15, 0.2) is 46.9 Å². The molecule has 4 nitrogen and oxygen atoms in total. The van der Waals surface area contributed by atoms with Crippen molar-refractivity contribution in [1.82, 2.24) is 0 Å². The molecule has 6 heteroatoms. The van der Waals surface area contributed by atoms with E-state index in [2.05, 4.69) is 26.7 Å². The van der Waals surface area contributed by atoms with Crippen LogP contribution in [0.2, 0.25) is 5.02 Å². The van der Waals surface area contributed by atoms with Gasteiger partial charge in [0, 0.05) is 9.50 Å². The van der Waals surface area contributed by atoms with Gasteiger partial charge in [-0.2, -0.15) is 0 Å². The first-order chi connectivity index (χ1) is 9.11. The zero-order valence-electron chi connectivity index (χ0n) is 9.78. The normalized spacial score (nSPS) is 10.1. The number of hydrazine groups is 1. The van der Waals surface area contributed by atoms with E-state index in [1.807, 2.05) is 0 Å². The third kappa shape index (κ3) is 3.26. The lowest BCUT2D eigenvalue weighted by atomic mass is 10.1. The molecule has 0 aliphatic carbocycles. The van der Waals surface area contributed by atoms with Gasteiger partial charge in [-0.25, -0.2) is 0 Å². The second-order valence-corrected chi connectivity index (χ2v) is 5.06. The van der Waals surface area contributed by atoms with Crippen molar-refractivity contribution in [2.75, 3.05) is 10.7 Å². The van der Waals surface area contributed by atoms with Gasteiger partial charge in [-0.1, -0.05) is 23.7 Å². The number of halogens is 2. The summed E-state index contributed by atoms with van der Waals surface area (Å²) in [5.74, 6) is 5.12. The highest BCUT2D eigenvalue weighted by Gasteiger charge is 2.11. The second kappa shape index (κ2) is 6.06. The average Bonchev–Trinajstić information content (AvgIpc) is 2.41. The van der Waals surface area contributed by atoms with Gasteiger partial charge in [-0.05, 0) is 46.3 Å². The first kappa shape index (κ1) is 13.9. The largest absolute Gasteiger partial charge is 0.323 e. The van der Waals surface area contributed by atoms with E-state index in [-0.39, 0.29) is 5.91 Å². The van der Waals surface area contributed by atoms with Crippen LogP contribution in [0.4, 0.5) is 11.4 Å². The molecule has 0 unspecified atom stereocenters. The van der Waals surface area contributed by atoms with Crippen molar-refractivity contribution >= 4 is 44.8 Å². The Balaban J connectivity index is 2.26. The van der Waals surface area contributed by atoms with E-state index in [4.69, 9.17) is 17.4 Å². The standard InChI is InChI=1S/C13H11BrClN3O/c14-10-7-8(15)5-6-12(10)17-13(19)9-3-1-2-4-11(9)18-16/h1-7,18H,16H2,(H,17,19). The number of rotatable bonds is 3. The number of benzene rings is 2. The number of nitrogens with one attached hydrogen (secondary N) is 2. The van der Waals surface area contributed by atoms with E-state index < -0.39 is 0 Å². The number of carbonyl (C=O) groups is 1. The van der Waals surface area contributed by atoms with Gasteiger partial charge in [0.1, 0.15) is 0 Å². The van der Waals surface area contributed by atoms with Crippen LogP contribution < -0.4 is 16.6 Å². The smallest absolute Gasteiger partial charge is 0.257 e. The Bertz CT molecular complexity index is 619. The van der Waals surface area contributed by atoms with E-state index in [9.17, 15) is 4.79 Å². The van der Waals surface area contributed by atoms with Gasteiger partial charge in [0.15, 0.2) is 0 Å². The second-order valence-electron chi connectivity index (χ2n) is 3.77. The maximum Gasteiger partial charge on any atom is 0.257 e. The maximum absolute atomic E-state index is 12.2. The van der Waals surface area contributed by atoms with Gasteiger partial charge in [0.25, 0.3) is 5.91 Å². The van der Waals surface area contributed by atoms with Crippen LogP contribution in [0.25, 0.3) is 0 Å². The molecule has 1 amide bonds. The summed E-state index contributed by atoms with van der Waals surface area (Å²) in [6.07, 6.45) is 0. The molecule has 0 radical (unpaired) electrons. The van der Waals surface area contributed by atoms with Crippen molar-refractivity contribution in [2.45, 2.75) is 0 Å². The SMILES string of the molecule is NNc1ccccc1C(=O)Nc1ccc(Cl)cc1Br. The molecule has 0 fully saturated rings. The highest BCUT2D eigenvalue weighted by atomic mass is 79.9. The summed E-state index contributed by atoms with van der Waals surface area (Å²) in [6.45, 7) is 0. The van der Waals surface area contributed by atoms with Crippen LogP contribution in [-0.2, 0) is 0 Å². The lowest BCUT2D eigenvalue weighted by Crippen LogP contribution is -2.17. The summed E-state index contributed by atoms with van der Waals surface area (Å²) < 4.78 is 0.714. The lowest BCUT2D eigenvalue weighted by Gasteiger charge is -2.10. The van der Waals surface area contributed by atoms with Gasteiger partial charge < -0.3 is 10.7 Å². The van der Waals surface area contributed by atoms with E-state index in [1.54, 1.807) is 42.5 Å². The van der Waals surface area contributed by atoms with Crippen LogP contribution >= 0.6 is 27.5 Å². The molecule has 0 bridgehead atoms. The van der Waals surface area contributed by atoms with Crippen molar-refractivity contribution in [1.29, 1.82) is 0 Å². The van der Waals surface area contributed by atoms with Crippen molar-refractivity contribution in [3.63, 3.8) is 0 Å². The van der Waals surface area contributed by atoms with Crippen molar-refractivity contribution < 1.29 is 4.79 Å². The molecule has 0 spiro atoms. The maximum atomic E-state index is 12.2. The Morgan fingerprint density at radius 3 is 2.58 bits per heavy atom. The number of carbonyl (C=O) groups excluding carboxylic acids is 1. The number of nitrogen functional groups attached to an aromatic ring is 1. The van der Waals surface area contributed by atoms with Gasteiger partial charge in [-0.15, -0.1) is 0 Å². The molecule has 0 aliphatic heterocycles. The zero-order chi connectivity index (χ0) is 13.8. The molecule has 0 saturated carbocycles. The van der Waals surface area contributed by atoms with Crippen molar-refractivity contribution in [3.05, 3.63) is 57.5 Å². The molecule has 0 aromatic heterocycles. The summed E-state index contributed by atoms with van der Waals surface area (Å²) in [4.78, 5) is 12.2. The van der Waals surface area contributed by atoms with Crippen molar-refractivity contribution in [3.8, 4) is 0 Å². The molecule has 2 rings (SSSR count). The molecule has 0 saturated heterocycles. The van der Waals surface area contributed by atoms with Crippen LogP contribution in [0.1, 0.15) is 10.4 Å². The first-order valence-electron chi connectivity index (χ1n) is 5.44. The minimum atomic E-state index is -0.253. The summed E-state index contributed by atoms with van der Waals surface area (Å²) in [5.41, 5.74) is 4.16. The fourth-order valence-corrected chi connectivity index (χ4v) is 2.37. The van der Waals surface area contributed by atoms with Gasteiger partial charge >= 0.3 is 0 Å². The predicted molar refractivity (Wildman–Crippen MR) is 81.4 cm³/mol.